The van der Waals surface area contributed by atoms with Crippen LogP contribution in [0.5, 0.6) is 0 Å². The Kier molecular flexibility index (Phi) is 3.68. The van der Waals surface area contributed by atoms with Gasteiger partial charge in [-0.05, 0) is 12.5 Å². The van der Waals surface area contributed by atoms with Crippen molar-refractivity contribution in [1.29, 1.82) is 0 Å². The predicted molar refractivity (Wildman–Crippen MR) is 91.4 cm³/mol. The Morgan fingerprint density at radius 1 is 1.40 bits per heavy atom. The number of aromatic nitrogens is 6. The maximum absolute atomic E-state index is 11.8. The van der Waals surface area contributed by atoms with Crippen LogP contribution in [0.4, 0.5) is 11.5 Å². The zero-order valence-corrected chi connectivity index (χ0v) is 13.8. The number of nitrogens with one attached hydrogen (secondary N) is 1. The standard InChI is InChI=1S/C16H18N8O/c1-3-14(25)23-5-4-11(7-23)13-9-24-16(17-10-19-24)15(21-13)20-12-6-18-22(2)8-12/h3,6,8-11H,1,4-5,7H2,2H3,(H,20,21). The second-order valence-electron chi connectivity index (χ2n) is 6.04. The fourth-order valence-electron chi connectivity index (χ4n) is 3.08. The number of carbonyl (C=O) groups is 1. The highest BCUT2D eigenvalue weighted by atomic mass is 16.2. The van der Waals surface area contributed by atoms with Crippen LogP contribution in [0.1, 0.15) is 18.0 Å². The highest BCUT2D eigenvalue weighted by molar-refractivity contribution is 5.87. The minimum Gasteiger partial charge on any atom is -0.338 e. The summed E-state index contributed by atoms with van der Waals surface area (Å²) in [6.07, 6.45) is 9.17. The van der Waals surface area contributed by atoms with Gasteiger partial charge in [0.05, 0.1) is 23.8 Å². The van der Waals surface area contributed by atoms with Gasteiger partial charge in [0.15, 0.2) is 11.5 Å². The summed E-state index contributed by atoms with van der Waals surface area (Å²) in [7, 11) is 1.85. The van der Waals surface area contributed by atoms with E-state index >= 15 is 0 Å². The Labute approximate surface area is 144 Å². The van der Waals surface area contributed by atoms with Crippen LogP contribution < -0.4 is 5.32 Å². The molecule has 0 saturated carbocycles. The summed E-state index contributed by atoms with van der Waals surface area (Å²) in [4.78, 5) is 22.6. The Morgan fingerprint density at radius 3 is 3.04 bits per heavy atom. The number of amides is 1. The van der Waals surface area contributed by atoms with E-state index in [0.717, 1.165) is 17.8 Å². The highest BCUT2D eigenvalue weighted by Crippen LogP contribution is 2.28. The Hall–Kier alpha value is -3.23. The third kappa shape index (κ3) is 2.84. The van der Waals surface area contributed by atoms with Gasteiger partial charge < -0.3 is 10.2 Å². The van der Waals surface area contributed by atoms with Crippen molar-refractivity contribution in [2.24, 2.45) is 7.05 Å². The number of aryl methyl sites for hydroxylation is 1. The molecule has 3 aromatic rings. The first-order valence-electron chi connectivity index (χ1n) is 8.01. The second-order valence-corrected chi connectivity index (χ2v) is 6.04. The summed E-state index contributed by atoms with van der Waals surface area (Å²) in [6.45, 7) is 4.89. The van der Waals surface area contributed by atoms with E-state index in [-0.39, 0.29) is 11.8 Å². The topological polar surface area (TPSA) is 93.2 Å². The smallest absolute Gasteiger partial charge is 0.245 e. The molecule has 0 radical (unpaired) electrons. The Morgan fingerprint density at radius 2 is 2.28 bits per heavy atom. The first-order valence-corrected chi connectivity index (χ1v) is 8.01. The maximum atomic E-state index is 11.8. The molecule has 9 heteroatoms. The lowest BCUT2D eigenvalue weighted by atomic mass is 10.1. The molecule has 1 saturated heterocycles. The van der Waals surface area contributed by atoms with Gasteiger partial charge in [0.25, 0.3) is 0 Å². The van der Waals surface area contributed by atoms with Crippen molar-refractivity contribution in [3.8, 4) is 0 Å². The Balaban J connectivity index is 1.66. The van der Waals surface area contributed by atoms with Gasteiger partial charge in [0.1, 0.15) is 6.33 Å². The van der Waals surface area contributed by atoms with E-state index in [1.54, 1.807) is 20.3 Å². The van der Waals surface area contributed by atoms with E-state index in [1.807, 2.05) is 19.4 Å². The third-order valence-corrected chi connectivity index (χ3v) is 4.34. The van der Waals surface area contributed by atoms with Crippen molar-refractivity contribution in [1.82, 2.24) is 34.3 Å². The van der Waals surface area contributed by atoms with E-state index in [1.165, 1.54) is 12.4 Å². The van der Waals surface area contributed by atoms with E-state index in [9.17, 15) is 4.79 Å². The fourth-order valence-corrected chi connectivity index (χ4v) is 3.08. The molecule has 4 heterocycles. The predicted octanol–water partition coefficient (Wildman–Crippen LogP) is 1.10. The summed E-state index contributed by atoms with van der Waals surface area (Å²) in [5.74, 6) is 0.737. The molecule has 1 atom stereocenters. The van der Waals surface area contributed by atoms with Crippen LogP contribution in [-0.4, -0.2) is 53.3 Å². The number of hydrogen-bond acceptors (Lipinski definition) is 6. The van der Waals surface area contributed by atoms with Crippen molar-refractivity contribution in [3.63, 3.8) is 0 Å². The van der Waals surface area contributed by atoms with Crippen molar-refractivity contribution in [2.75, 3.05) is 18.4 Å². The molecule has 1 aliphatic heterocycles. The van der Waals surface area contributed by atoms with Crippen LogP contribution in [0.3, 0.4) is 0 Å². The number of carbonyl (C=O) groups excluding carboxylic acids is 1. The maximum Gasteiger partial charge on any atom is 0.245 e. The largest absolute Gasteiger partial charge is 0.338 e. The van der Waals surface area contributed by atoms with Crippen molar-refractivity contribution >= 4 is 23.1 Å². The van der Waals surface area contributed by atoms with Crippen LogP contribution in [0.25, 0.3) is 5.65 Å². The molecule has 0 bridgehead atoms. The molecular formula is C16H18N8O. The lowest BCUT2D eigenvalue weighted by Gasteiger charge is -2.15. The molecule has 0 aromatic carbocycles. The zero-order chi connectivity index (χ0) is 17.4. The van der Waals surface area contributed by atoms with Crippen molar-refractivity contribution in [2.45, 2.75) is 12.3 Å². The van der Waals surface area contributed by atoms with E-state index in [0.29, 0.717) is 24.6 Å². The molecule has 1 amide bonds. The molecule has 1 unspecified atom stereocenters. The average molecular weight is 338 g/mol. The summed E-state index contributed by atoms with van der Waals surface area (Å²) in [6, 6.07) is 0. The van der Waals surface area contributed by atoms with E-state index in [4.69, 9.17) is 4.98 Å². The Bertz CT molecular complexity index is 943. The minimum absolute atomic E-state index is 0.0435. The number of rotatable bonds is 4. The summed E-state index contributed by atoms with van der Waals surface area (Å²) < 4.78 is 3.42. The van der Waals surface area contributed by atoms with Gasteiger partial charge in [-0.3, -0.25) is 9.48 Å². The molecule has 1 N–H and O–H groups in total. The summed E-state index contributed by atoms with van der Waals surface area (Å²) >= 11 is 0. The molecule has 3 aromatic heterocycles. The quantitative estimate of drug-likeness (QED) is 0.716. The van der Waals surface area contributed by atoms with Gasteiger partial charge >= 0.3 is 0 Å². The van der Waals surface area contributed by atoms with Crippen LogP contribution >= 0.6 is 0 Å². The van der Waals surface area contributed by atoms with Gasteiger partial charge in [0, 0.05) is 32.3 Å². The first-order chi connectivity index (χ1) is 12.1. The van der Waals surface area contributed by atoms with Gasteiger partial charge in [-0.1, -0.05) is 6.58 Å². The molecule has 9 nitrogen and oxygen atoms in total. The number of hydrogen-bond donors (Lipinski definition) is 1. The molecule has 1 fully saturated rings. The number of nitrogens with zero attached hydrogens (tertiary/aromatic N) is 7. The van der Waals surface area contributed by atoms with Gasteiger partial charge in [-0.15, -0.1) is 0 Å². The lowest BCUT2D eigenvalue weighted by Crippen LogP contribution is -2.26. The molecule has 0 aliphatic carbocycles. The molecular weight excluding hydrogens is 320 g/mol. The lowest BCUT2D eigenvalue weighted by molar-refractivity contribution is -0.125. The van der Waals surface area contributed by atoms with Gasteiger partial charge in [-0.2, -0.15) is 10.2 Å². The van der Waals surface area contributed by atoms with Gasteiger partial charge in [-0.25, -0.2) is 14.5 Å². The van der Waals surface area contributed by atoms with Crippen molar-refractivity contribution in [3.05, 3.63) is 43.3 Å². The molecule has 1 aliphatic rings. The fraction of sp³-hybridized carbons (Fsp3) is 0.312. The molecule has 25 heavy (non-hydrogen) atoms. The average Bonchev–Trinajstić information content (AvgIpc) is 3.34. The van der Waals surface area contributed by atoms with E-state index in [2.05, 4.69) is 27.1 Å². The monoisotopic (exact) mass is 338 g/mol. The minimum atomic E-state index is -0.0435. The number of anilines is 2. The highest BCUT2D eigenvalue weighted by Gasteiger charge is 2.28. The normalized spacial score (nSPS) is 17.2. The SMILES string of the molecule is C=CC(=O)N1CCC(c2cn3ncnc3c(Nc3cnn(C)c3)n2)C1. The van der Waals surface area contributed by atoms with Crippen molar-refractivity contribution < 1.29 is 4.79 Å². The van der Waals surface area contributed by atoms with Crippen LogP contribution in [0.15, 0.2) is 37.6 Å². The second kappa shape index (κ2) is 6.00. The van der Waals surface area contributed by atoms with Crippen LogP contribution in [-0.2, 0) is 11.8 Å². The van der Waals surface area contributed by atoms with Crippen LogP contribution in [0.2, 0.25) is 0 Å². The molecule has 4 rings (SSSR count). The number of likely N-dealkylation sites (tertiary alicyclic amines) is 1. The third-order valence-electron chi connectivity index (χ3n) is 4.34. The van der Waals surface area contributed by atoms with Crippen LogP contribution in [0, 0.1) is 0 Å². The molecule has 0 spiro atoms. The summed E-state index contributed by atoms with van der Waals surface area (Å²) in [5.41, 5.74) is 2.35. The number of fused-ring (bicyclic) bond motifs is 1. The van der Waals surface area contributed by atoms with E-state index < -0.39 is 0 Å². The zero-order valence-electron chi connectivity index (χ0n) is 13.8. The summed E-state index contributed by atoms with van der Waals surface area (Å²) in [5, 5.41) is 11.6. The first kappa shape index (κ1) is 15.3. The molecule has 128 valence electrons. The van der Waals surface area contributed by atoms with Gasteiger partial charge in [0.2, 0.25) is 5.91 Å².